The second kappa shape index (κ2) is 8.01. The molecule has 0 aliphatic carbocycles. The Morgan fingerprint density at radius 3 is 2.71 bits per heavy atom. The number of hydrogen-bond acceptors (Lipinski definition) is 12. The Balaban J connectivity index is 1.62. The van der Waals surface area contributed by atoms with Crippen molar-refractivity contribution in [1.29, 1.82) is 0 Å². The molecule has 0 saturated heterocycles. The van der Waals surface area contributed by atoms with Gasteiger partial charge in [-0.05, 0) is 18.2 Å². The van der Waals surface area contributed by atoms with Crippen molar-refractivity contribution in [2.45, 2.75) is 0 Å². The number of nitrogens with one attached hydrogen (secondary N) is 1. The molecule has 148 valence electrons. The van der Waals surface area contributed by atoms with Crippen molar-refractivity contribution in [1.82, 2.24) is 19.7 Å². The average Bonchev–Trinajstić information content (AvgIpc) is 3.06. The second-order valence-corrected chi connectivity index (χ2v) is 5.58. The highest BCUT2D eigenvalue weighted by atomic mass is 16.8. The fraction of sp³-hybridized carbons (Fsp3) is 0.200. The molecule has 0 amide bonds. The van der Waals surface area contributed by atoms with Gasteiger partial charge in [-0.3, -0.25) is 15.1 Å². The minimum atomic E-state index is -0.859. The Morgan fingerprint density at radius 2 is 2.00 bits per heavy atom. The van der Waals surface area contributed by atoms with Crippen LogP contribution >= 0.6 is 0 Å². The molecule has 0 fully saturated rings. The summed E-state index contributed by atoms with van der Waals surface area (Å²) in [7, 11) is 1.74. The van der Waals surface area contributed by atoms with E-state index in [0.29, 0.717) is 16.9 Å². The van der Waals surface area contributed by atoms with E-state index < -0.39 is 16.9 Å². The number of benzene rings is 1. The Morgan fingerprint density at radius 1 is 1.25 bits per heavy atom. The maximum atomic E-state index is 12.1. The van der Waals surface area contributed by atoms with Crippen molar-refractivity contribution in [3.63, 3.8) is 0 Å². The summed E-state index contributed by atoms with van der Waals surface area (Å²) in [6.07, 6.45) is 2.97. The Labute approximate surface area is 157 Å². The van der Waals surface area contributed by atoms with Crippen molar-refractivity contribution < 1.29 is 19.9 Å². The lowest BCUT2D eigenvalue weighted by molar-refractivity contribution is 0.0291. The van der Waals surface area contributed by atoms with Crippen molar-refractivity contribution in [3.8, 4) is 0 Å². The molecule has 0 spiro atoms. The molecule has 3 aromatic rings. The molecule has 0 bridgehead atoms. The molecule has 0 saturated carbocycles. The van der Waals surface area contributed by atoms with Crippen molar-refractivity contribution in [3.05, 3.63) is 46.7 Å². The number of aromatic nitrogens is 4. The first-order valence-corrected chi connectivity index (χ1v) is 7.88. The number of rotatable bonds is 7. The third kappa shape index (κ3) is 4.07. The Bertz CT molecular complexity index is 964. The van der Waals surface area contributed by atoms with Crippen LogP contribution in [0.4, 0.5) is 17.2 Å². The van der Waals surface area contributed by atoms with E-state index in [1.165, 1.54) is 6.33 Å². The van der Waals surface area contributed by atoms with Crippen LogP contribution in [0.3, 0.4) is 0 Å². The van der Waals surface area contributed by atoms with Crippen molar-refractivity contribution >= 4 is 34.2 Å². The molecule has 3 rings (SSSR count). The summed E-state index contributed by atoms with van der Waals surface area (Å²) in [6.45, 7) is 0.144. The average molecular weight is 389 g/mol. The van der Waals surface area contributed by atoms with Crippen LogP contribution in [0, 0.1) is 10.4 Å². The smallest absolute Gasteiger partial charge is 0.338 e. The van der Waals surface area contributed by atoms with E-state index in [2.05, 4.69) is 20.4 Å². The zero-order valence-corrected chi connectivity index (χ0v) is 14.5. The van der Waals surface area contributed by atoms with Crippen LogP contribution in [-0.4, -0.2) is 49.3 Å². The van der Waals surface area contributed by atoms with E-state index in [9.17, 15) is 15.2 Å². The first kappa shape index (κ1) is 19.2. The highest BCUT2D eigenvalue weighted by molar-refractivity contribution is 5.92. The zero-order chi connectivity index (χ0) is 20.3. The van der Waals surface area contributed by atoms with E-state index in [1.807, 2.05) is 0 Å². The van der Waals surface area contributed by atoms with Gasteiger partial charge in [0.05, 0.1) is 29.4 Å². The molecule has 13 nitrogen and oxygen atoms in total. The van der Waals surface area contributed by atoms with Crippen LogP contribution in [0.2, 0.25) is 0 Å². The molecule has 28 heavy (non-hydrogen) atoms. The molecule has 2 aromatic heterocycles. The zero-order valence-electron chi connectivity index (χ0n) is 14.5. The number of ether oxygens (including phenoxy) is 1. The van der Waals surface area contributed by atoms with Crippen molar-refractivity contribution in [2.24, 2.45) is 7.05 Å². The van der Waals surface area contributed by atoms with Crippen LogP contribution in [0.5, 0.6) is 0 Å². The van der Waals surface area contributed by atoms with Gasteiger partial charge >= 0.3 is 5.97 Å². The lowest BCUT2D eigenvalue weighted by Gasteiger charge is -2.38. The minimum absolute atomic E-state index is 0.0649. The summed E-state index contributed by atoms with van der Waals surface area (Å²) in [5.41, 5.74) is -0.403. The lowest BCUT2D eigenvalue weighted by atomic mass is 10.2. The summed E-state index contributed by atoms with van der Waals surface area (Å²) >= 11 is 0. The third-order valence-corrected chi connectivity index (χ3v) is 3.74. The van der Waals surface area contributed by atoms with Gasteiger partial charge in [0.1, 0.15) is 18.8 Å². The van der Waals surface area contributed by atoms with Gasteiger partial charge in [-0.1, -0.05) is 0 Å². The first-order valence-electron chi connectivity index (χ1n) is 7.88. The maximum Gasteiger partial charge on any atom is 0.338 e. The number of fused-ring (bicyclic) bond motifs is 1. The monoisotopic (exact) mass is 389 g/mol. The normalized spacial score (nSPS) is 10.8. The van der Waals surface area contributed by atoms with Gasteiger partial charge in [0, 0.05) is 12.7 Å². The van der Waals surface area contributed by atoms with E-state index in [0.717, 1.165) is 18.2 Å². The molecule has 0 aliphatic rings. The topological polar surface area (TPSA) is 175 Å². The molecule has 3 N–H and O–H groups in total. The van der Waals surface area contributed by atoms with Crippen LogP contribution in [0.15, 0.2) is 30.7 Å². The molecular weight excluding hydrogens is 374 g/mol. The largest absolute Gasteiger partial charge is 0.769 e. The molecule has 1 aromatic carbocycles. The van der Waals surface area contributed by atoms with Gasteiger partial charge < -0.3 is 25.7 Å². The summed E-state index contributed by atoms with van der Waals surface area (Å²) in [5, 5.41) is 46.6. The molecule has 0 unspecified atom stereocenters. The predicted octanol–water partition coefficient (Wildman–Crippen LogP) is 1.02. The van der Waals surface area contributed by atoms with Gasteiger partial charge in [0.15, 0.2) is 5.65 Å². The fourth-order valence-corrected chi connectivity index (χ4v) is 2.43. The minimum Gasteiger partial charge on any atom is -0.769 e. The summed E-state index contributed by atoms with van der Waals surface area (Å²) in [6, 6.07) is 2.92. The molecule has 0 aliphatic heterocycles. The van der Waals surface area contributed by atoms with E-state index >= 15 is 0 Å². The number of aryl methyl sites for hydroxylation is 1. The molecule has 0 atom stereocenters. The maximum absolute atomic E-state index is 12.1. The second-order valence-electron chi connectivity index (χ2n) is 5.58. The van der Waals surface area contributed by atoms with Gasteiger partial charge in [0.2, 0.25) is 0 Å². The third-order valence-electron chi connectivity index (χ3n) is 3.74. The van der Waals surface area contributed by atoms with Gasteiger partial charge in [-0.25, -0.2) is 14.8 Å². The molecule has 2 heterocycles. The van der Waals surface area contributed by atoms with Crippen LogP contribution in [0.25, 0.3) is 11.0 Å². The quantitative estimate of drug-likeness (QED) is 0.297. The van der Waals surface area contributed by atoms with Gasteiger partial charge in [-0.15, -0.1) is 5.23 Å². The van der Waals surface area contributed by atoms with Crippen LogP contribution in [-0.2, 0) is 11.8 Å². The lowest BCUT2D eigenvalue weighted by Crippen LogP contribution is -2.17. The highest BCUT2D eigenvalue weighted by Gasteiger charge is 2.13. The van der Waals surface area contributed by atoms with E-state index in [4.69, 9.17) is 15.2 Å². The molecule has 0 radical (unpaired) electrons. The number of carbonyl (C=O) groups excluding carboxylic acids is 1. The van der Waals surface area contributed by atoms with Gasteiger partial charge in [0.25, 0.3) is 0 Å². The highest BCUT2D eigenvalue weighted by Crippen LogP contribution is 2.24. The number of carbonyl (C=O) groups is 1. The summed E-state index contributed by atoms with van der Waals surface area (Å²) < 4.78 is 6.66. The number of nitrogens with zero attached hydrogens (tertiary/aromatic N) is 6. The molecular formula is C15H15N7O6-2. The summed E-state index contributed by atoms with van der Waals surface area (Å²) in [5.74, 6) is -0.342. The molecule has 13 heteroatoms. The Hall–Kier alpha value is -3.52. The number of hydrogen-bond donors (Lipinski definition) is 3. The van der Waals surface area contributed by atoms with Gasteiger partial charge in [-0.2, -0.15) is 5.10 Å². The fourth-order valence-electron chi connectivity index (χ4n) is 2.43. The SMILES string of the molecule is Cn1ncc2c(NCCOC(=O)c3cc(N([O-])[O-])cc(N(O)O)c3)ncnc21. The Kier molecular flexibility index (Phi) is 5.51. The number of esters is 1. The van der Waals surface area contributed by atoms with E-state index in [1.54, 1.807) is 17.9 Å². The van der Waals surface area contributed by atoms with Crippen LogP contribution < -0.4 is 15.8 Å². The predicted molar refractivity (Wildman–Crippen MR) is 96.8 cm³/mol. The summed E-state index contributed by atoms with van der Waals surface area (Å²) in [4.78, 5) is 20.3. The first-order chi connectivity index (χ1) is 13.4. The van der Waals surface area contributed by atoms with Crippen molar-refractivity contribution in [2.75, 3.05) is 28.9 Å². The van der Waals surface area contributed by atoms with E-state index in [-0.39, 0.29) is 29.6 Å². The van der Waals surface area contributed by atoms with Crippen LogP contribution in [0.1, 0.15) is 10.4 Å². The number of anilines is 3. The standard InChI is InChI=1S/C15H15N7O6/c1-20-14-12(7-19-20)13(17-8-18-14)16-2-3-28-15(23)9-4-10(21(24)25)6-11(5-9)22(26)27/h4-8,24-25H,2-3H2,1H3,(H,16,17,18)/q-2.